The molecule has 0 amide bonds. The molecule has 8 heteroatoms. The summed E-state index contributed by atoms with van der Waals surface area (Å²) in [5, 5.41) is 18.1. The summed E-state index contributed by atoms with van der Waals surface area (Å²) >= 11 is 0. The van der Waals surface area contributed by atoms with Gasteiger partial charge in [-0.05, 0) is 19.8 Å². The lowest BCUT2D eigenvalue weighted by atomic mass is 10.0. The molecule has 2 aliphatic rings. The summed E-state index contributed by atoms with van der Waals surface area (Å²) in [6, 6.07) is 0. The summed E-state index contributed by atoms with van der Waals surface area (Å²) in [4.78, 5) is 6.95. The number of ether oxygens (including phenoxy) is 1. The Morgan fingerprint density at radius 2 is 2.24 bits per heavy atom. The molecule has 1 aliphatic carbocycles. The smallest absolute Gasteiger partial charge is 0.194 e. The highest BCUT2D eigenvalue weighted by atomic mass is 127. The minimum absolute atomic E-state index is 0. The van der Waals surface area contributed by atoms with Gasteiger partial charge < -0.3 is 20.1 Å². The van der Waals surface area contributed by atoms with Gasteiger partial charge in [0.05, 0.1) is 31.5 Å². The SMILES string of the molecule is CCNC(=NCC1(O)CCCC1)N1CCOC(c2cnn(C)c2)C1.I. The number of aryl methyl sites for hydroxylation is 1. The second-order valence-electron chi connectivity index (χ2n) is 6.85. The molecule has 2 heterocycles. The molecule has 1 atom stereocenters. The molecular weight excluding hydrogens is 433 g/mol. The number of rotatable bonds is 4. The van der Waals surface area contributed by atoms with E-state index in [1.807, 2.05) is 19.4 Å². The van der Waals surface area contributed by atoms with Crippen molar-refractivity contribution in [1.82, 2.24) is 20.0 Å². The topological polar surface area (TPSA) is 74.9 Å². The van der Waals surface area contributed by atoms with Gasteiger partial charge in [0.1, 0.15) is 6.10 Å². The summed E-state index contributed by atoms with van der Waals surface area (Å²) in [6.07, 6.45) is 7.78. The first-order valence-corrected chi connectivity index (χ1v) is 8.95. The van der Waals surface area contributed by atoms with E-state index in [1.165, 1.54) is 0 Å². The van der Waals surface area contributed by atoms with Crippen LogP contribution < -0.4 is 5.32 Å². The summed E-state index contributed by atoms with van der Waals surface area (Å²) in [6.45, 7) is 5.57. The fourth-order valence-electron chi connectivity index (χ4n) is 3.49. The molecule has 0 aromatic carbocycles. The van der Waals surface area contributed by atoms with Crippen LogP contribution >= 0.6 is 24.0 Å². The van der Waals surface area contributed by atoms with E-state index in [9.17, 15) is 5.11 Å². The van der Waals surface area contributed by atoms with Crippen LogP contribution in [-0.4, -0.2) is 64.1 Å². The van der Waals surface area contributed by atoms with E-state index >= 15 is 0 Å². The van der Waals surface area contributed by atoms with Gasteiger partial charge in [0.15, 0.2) is 5.96 Å². The van der Waals surface area contributed by atoms with Gasteiger partial charge in [0.25, 0.3) is 0 Å². The molecular formula is C17H30IN5O2. The molecule has 1 saturated heterocycles. The van der Waals surface area contributed by atoms with E-state index in [-0.39, 0.29) is 30.1 Å². The zero-order chi connectivity index (χ0) is 17.0. The molecule has 1 aromatic rings. The summed E-state index contributed by atoms with van der Waals surface area (Å²) < 4.78 is 7.70. The van der Waals surface area contributed by atoms with Crippen LogP contribution in [0.25, 0.3) is 0 Å². The molecule has 1 aliphatic heterocycles. The molecule has 0 radical (unpaired) electrons. The molecule has 142 valence electrons. The van der Waals surface area contributed by atoms with Crippen molar-refractivity contribution in [2.45, 2.75) is 44.3 Å². The van der Waals surface area contributed by atoms with Gasteiger partial charge in [-0.3, -0.25) is 9.67 Å². The molecule has 1 unspecified atom stereocenters. The van der Waals surface area contributed by atoms with E-state index in [0.29, 0.717) is 13.2 Å². The fraction of sp³-hybridized carbons (Fsp3) is 0.765. The minimum Gasteiger partial charge on any atom is -0.388 e. The van der Waals surface area contributed by atoms with Crippen molar-refractivity contribution in [3.8, 4) is 0 Å². The molecule has 25 heavy (non-hydrogen) atoms. The molecule has 7 nitrogen and oxygen atoms in total. The Morgan fingerprint density at radius 1 is 1.48 bits per heavy atom. The van der Waals surface area contributed by atoms with Crippen LogP contribution in [0.2, 0.25) is 0 Å². The molecule has 1 aromatic heterocycles. The van der Waals surface area contributed by atoms with E-state index in [2.05, 4.69) is 22.2 Å². The summed E-state index contributed by atoms with van der Waals surface area (Å²) in [7, 11) is 1.91. The maximum atomic E-state index is 10.6. The van der Waals surface area contributed by atoms with Gasteiger partial charge in [-0.25, -0.2) is 0 Å². The predicted octanol–water partition coefficient (Wildman–Crippen LogP) is 1.68. The molecule has 0 bridgehead atoms. The number of nitrogens with zero attached hydrogens (tertiary/aromatic N) is 4. The van der Waals surface area contributed by atoms with Crippen LogP contribution in [0.3, 0.4) is 0 Å². The van der Waals surface area contributed by atoms with Gasteiger partial charge in [-0.1, -0.05) is 12.8 Å². The largest absolute Gasteiger partial charge is 0.388 e. The van der Waals surface area contributed by atoms with Crippen molar-refractivity contribution in [3.63, 3.8) is 0 Å². The summed E-state index contributed by atoms with van der Waals surface area (Å²) in [5.41, 5.74) is 0.475. The number of guanidine groups is 1. The van der Waals surface area contributed by atoms with Gasteiger partial charge in [-0.15, -0.1) is 24.0 Å². The zero-order valence-corrected chi connectivity index (χ0v) is 17.5. The maximum absolute atomic E-state index is 10.6. The highest BCUT2D eigenvalue weighted by molar-refractivity contribution is 14.0. The Bertz CT molecular complexity index is 571. The lowest BCUT2D eigenvalue weighted by Gasteiger charge is -2.35. The van der Waals surface area contributed by atoms with Crippen LogP contribution in [0.1, 0.15) is 44.3 Å². The third-order valence-electron chi connectivity index (χ3n) is 4.85. The Kier molecular flexibility index (Phi) is 7.51. The Hall–Kier alpha value is -0.870. The van der Waals surface area contributed by atoms with Crippen LogP contribution in [0.15, 0.2) is 17.4 Å². The van der Waals surface area contributed by atoms with Crippen molar-refractivity contribution in [2.24, 2.45) is 12.0 Å². The van der Waals surface area contributed by atoms with Crippen molar-refractivity contribution in [1.29, 1.82) is 0 Å². The quantitative estimate of drug-likeness (QED) is 0.404. The van der Waals surface area contributed by atoms with Gasteiger partial charge in [-0.2, -0.15) is 5.10 Å². The number of aliphatic imine (C=N–C) groups is 1. The van der Waals surface area contributed by atoms with Gasteiger partial charge in [0, 0.05) is 31.9 Å². The number of hydrogen-bond acceptors (Lipinski definition) is 4. The normalized spacial score (nSPS) is 23.4. The average Bonchev–Trinajstić information content (AvgIpc) is 3.21. The first-order chi connectivity index (χ1) is 11.6. The van der Waals surface area contributed by atoms with Crippen LogP contribution in [-0.2, 0) is 11.8 Å². The Morgan fingerprint density at radius 3 is 2.88 bits per heavy atom. The number of hydrogen-bond donors (Lipinski definition) is 2. The van der Waals surface area contributed by atoms with E-state index in [4.69, 9.17) is 9.73 Å². The Labute approximate surface area is 166 Å². The first kappa shape index (κ1) is 20.4. The van der Waals surface area contributed by atoms with Gasteiger partial charge in [0.2, 0.25) is 0 Å². The second kappa shape index (κ2) is 9.18. The van der Waals surface area contributed by atoms with E-state index in [1.54, 1.807) is 4.68 Å². The molecule has 3 rings (SSSR count). The fourth-order valence-corrected chi connectivity index (χ4v) is 3.49. The van der Waals surface area contributed by atoms with Crippen LogP contribution in [0.4, 0.5) is 0 Å². The molecule has 2 fully saturated rings. The molecule has 2 N–H and O–H groups in total. The van der Waals surface area contributed by atoms with Crippen LogP contribution in [0, 0.1) is 0 Å². The third kappa shape index (κ3) is 5.30. The highest BCUT2D eigenvalue weighted by Crippen LogP contribution is 2.29. The van der Waals surface area contributed by atoms with Crippen molar-refractivity contribution >= 4 is 29.9 Å². The average molecular weight is 463 g/mol. The number of nitrogens with one attached hydrogen (secondary N) is 1. The zero-order valence-electron chi connectivity index (χ0n) is 15.1. The lowest BCUT2D eigenvalue weighted by molar-refractivity contribution is -0.00834. The standard InChI is InChI=1S/C17H29N5O2.HI/c1-3-18-16(19-13-17(23)6-4-5-7-17)22-8-9-24-15(12-22)14-10-20-21(2)11-14;/h10-11,15,23H,3-9,12-13H2,1-2H3,(H,18,19);1H. The lowest BCUT2D eigenvalue weighted by Crippen LogP contribution is -2.48. The number of halogens is 1. The summed E-state index contributed by atoms with van der Waals surface area (Å²) in [5.74, 6) is 0.870. The van der Waals surface area contributed by atoms with Crippen molar-refractivity contribution in [2.75, 3.05) is 32.8 Å². The highest BCUT2D eigenvalue weighted by Gasteiger charge is 2.31. The van der Waals surface area contributed by atoms with Crippen molar-refractivity contribution in [3.05, 3.63) is 18.0 Å². The number of morpholine rings is 1. The second-order valence-corrected chi connectivity index (χ2v) is 6.85. The number of aromatic nitrogens is 2. The predicted molar refractivity (Wildman–Crippen MR) is 108 cm³/mol. The number of aliphatic hydroxyl groups is 1. The monoisotopic (exact) mass is 463 g/mol. The first-order valence-electron chi connectivity index (χ1n) is 8.95. The van der Waals surface area contributed by atoms with Gasteiger partial charge >= 0.3 is 0 Å². The maximum Gasteiger partial charge on any atom is 0.194 e. The molecule has 0 spiro atoms. The van der Waals surface area contributed by atoms with E-state index in [0.717, 1.165) is 56.8 Å². The molecule has 1 saturated carbocycles. The van der Waals surface area contributed by atoms with Crippen molar-refractivity contribution < 1.29 is 9.84 Å². The minimum atomic E-state index is -0.615. The third-order valence-corrected chi connectivity index (χ3v) is 4.85. The van der Waals surface area contributed by atoms with Crippen LogP contribution in [0.5, 0.6) is 0 Å². The van der Waals surface area contributed by atoms with E-state index < -0.39 is 5.60 Å². The Balaban J connectivity index is 0.00000225.